The van der Waals surface area contributed by atoms with E-state index in [4.69, 9.17) is 16.3 Å². The molecule has 0 fully saturated rings. The van der Waals surface area contributed by atoms with E-state index >= 15 is 0 Å². The molecule has 0 aliphatic carbocycles. The summed E-state index contributed by atoms with van der Waals surface area (Å²) in [7, 11) is 1.58. The van der Waals surface area contributed by atoms with E-state index < -0.39 is 5.38 Å². The number of Topliss-reactive ketones (excluding diaryl/α,β-unsaturated/α-hetero) is 1. The standard InChI is InChI=1S/C10H10ClIO2/c1-6(11)10(13)7-3-4-8(12)9(5-7)14-2/h3-6H,1-2H3. The number of methoxy groups -OCH3 is 1. The Morgan fingerprint density at radius 2 is 2.21 bits per heavy atom. The quantitative estimate of drug-likeness (QED) is 0.485. The Bertz CT molecular complexity index is 350. The Hall–Kier alpha value is -0.290. The van der Waals surface area contributed by atoms with Gasteiger partial charge in [0.2, 0.25) is 0 Å². The molecule has 1 aromatic rings. The number of ether oxygens (including phenoxy) is 1. The monoisotopic (exact) mass is 324 g/mol. The number of benzene rings is 1. The molecule has 1 aromatic carbocycles. The molecule has 0 saturated carbocycles. The van der Waals surface area contributed by atoms with Gasteiger partial charge in [-0.2, -0.15) is 0 Å². The van der Waals surface area contributed by atoms with Crippen molar-refractivity contribution in [1.82, 2.24) is 0 Å². The van der Waals surface area contributed by atoms with Crippen molar-refractivity contribution < 1.29 is 9.53 Å². The molecule has 2 nitrogen and oxygen atoms in total. The van der Waals surface area contributed by atoms with Gasteiger partial charge < -0.3 is 4.74 Å². The number of carbonyl (C=O) groups is 1. The molecule has 76 valence electrons. The minimum absolute atomic E-state index is 0.0821. The molecule has 4 heteroatoms. The van der Waals surface area contributed by atoms with Crippen LogP contribution in [-0.4, -0.2) is 18.3 Å². The molecule has 0 spiro atoms. The van der Waals surface area contributed by atoms with Gasteiger partial charge in [0.05, 0.1) is 16.1 Å². The maximum absolute atomic E-state index is 11.5. The number of hydrogen-bond donors (Lipinski definition) is 0. The molecule has 0 amide bonds. The van der Waals surface area contributed by atoms with Crippen LogP contribution in [0.5, 0.6) is 5.75 Å². The number of carbonyl (C=O) groups excluding carboxylic acids is 1. The van der Waals surface area contributed by atoms with E-state index in [1.165, 1.54) is 0 Å². The molecule has 1 unspecified atom stereocenters. The fraction of sp³-hybridized carbons (Fsp3) is 0.300. The first kappa shape index (κ1) is 11.8. The predicted molar refractivity (Wildman–Crippen MR) is 65.4 cm³/mol. The Morgan fingerprint density at radius 3 is 2.71 bits per heavy atom. The molecule has 14 heavy (non-hydrogen) atoms. The van der Waals surface area contributed by atoms with Gasteiger partial charge >= 0.3 is 0 Å². The van der Waals surface area contributed by atoms with E-state index in [0.717, 1.165) is 3.57 Å². The van der Waals surface area contributed by atoms with Crippen molar-refractivity contribution in [2.45, 2.75) is 12.3 Å². The lowest BCUT2D eigenvalue weighted by atomic mass is 10.1. The van der Waals surface area contributed by atoms with Crippen LogP contribution in [0.3, 0.4) is 0 Å². The summed E-state index contributed by atoms with van der Waals surface area (Å²) in [6.07, 6.45) is 0. The Kier molecular flexibility index (Phi) is 4.19. The van der Waals surface area contributed by atoms with Crippen LogP contribution in [0.15, 0.2) is 18.2 Å². The fourth-order valence-corrected chi connectivity index (χ4v) is 1.72. The molecule has 0 N–H and O–H groups in total. The Morgan fingerprint density at radius 1 is 1.57 bits per heavy atom. The van der Waals surface area contributed by atoms with E-state index in [2.05, 4.69) is 22.6 Å². The van der Waals surface area contributed by atoms with Gasteiger partial charge in [-0.1, -0.05) is 6.07 Å². The summed E-state index contributed by atoms with van der Waals surface area (Å²) in [5.74, 6) is 0.620. The Labute approximate surface area is 102 Å². The van der Waals surface area contributed by atoms with E-state index in [0.29, 0.717) is 11.3 Å². The third kappa shape index (κ3) is 2.60. The SMILES string of the molecule is COc1cc(C(=O)C(C)Cl)ccc1I. The maximum atomic E-state index is 11.5. The number of halogens is 2. The number of ketones is 1. The van der Waals surface area contributed by atoms with E-state index in [-0.39, 0.29) is 5.78 Å². The molecular weight excluding hydrogens is 314 g/mol. The van der Waals surface area contributed by atoms with Crippen molar-refractivity contribution in [2.75, 3.05) is 7.11 Å². The van der Waals surface area contributed by atoms with Crippen molar-refractivity contribution >= 4 is 40.0 Å². The maximum Gasteiger partial charge on any atom is 0.180 e. The first-order valence-corrected chi connectivity index (χ1v) is 5.59. The topological polar surface area (TPSA) is 26.3 Å². The number of hydrogen-bond acceptors (Lipinski definition) is 2. The summed E-state index contributed by atoms with van der Waals surface area (Å²) < 4.78 is 6.09. The summed E-state index contributed by atoms with van der Waals surface area (Å²) in [6.45, 7) is 1.66. The lowest BCUT2D eigenvalue weighted by molar-refractivity contribution is 0.0991. The molecule has 0 aliphatic rings. The summed E-state index contributed by atoms with van der Waals surface area (Å²) in [6, 6.07) is 5.31. The van der Waals surface area contributed by atoms with Crippen molar-refractivity contribution in [3.05, 3.63) is 27.3 Å². The van der Waals surface area contributed by atoms with Crippen LogP contribution in [0.1, 0.15) is 17.3 Å². The van der Waals surface area contributed by atoms with Crippen LogP contribution < -0.4 is 4.74 Å². The van der Waals surface area contributed by atoms with Crippen LogP contribution >= 0.6 is 34.2 Å². The second-order valence-corrected chi connectivity index (χ2v) is 4.65. The van der Waals surface area contributed by atoms with E-state index in [1.54, 1.807) is 26.2 Å². The second kappa shape index (κ2) is 4.98. The van der Waals surface area contributed by atoms with Crippen molar-refractivity contribution in [1.29, 1.82) is 0 Å². The largest absolute Gasteiger partial charge is 0.496 e. The van der Waals surface area contributed by atoms with E-state index in [1.807, 2.05) is 6.07 Å². The first-order chi connectivity index (χ1) is 6.56. The van der Waals surface area contributed by atoms with Gasteiger partial charge in [0.15, 0.2) is 5.78 Å². The van der Waals surface area contributed by atoms with Gasteiger partial charge in [-0.05, 0) is 41.6 Å². The zero-order chi connectivity index (χ0) is 10.7. The van der Waals surface area contributed by atoms with Gasteiger partial charge in [-0.15, -0.1) is 11.6 Å². The number of rotatable bonds is 3. The molecule has 0 saturated heterocycles. The van der Waals surface area contributed by atoms with Crippen LogP contribution in [0, 0.1) is 3.57 Å². The van der Waals surface area contributed by atoms with Gasteiger partial charge in [0.25, 0.3) is 0 Å². The molecular formula is C10H10ClIO2. The third-order valence-corrected chi connectivity index (χ3v) is 2.89. The predicted octanol–water partition coefficient (Wildman–Crippen LogP) is 3.11. The zero-order valence-electron chi connectivity index (χ0n) is 7.88. The average Bonchev–Trinajstić information content (AvgIpc) is 2.17. The molecule has 0 bridgehead atoms. The molecule has 0 radical (unpaired) electrons. The summed E-state index contributed by atoms with van der Waals surface area (Å²) >= 11 is 7.85. The third-order valence-electron chi connectivity index (χ3n) is 1.80. The van der Waals surface area contributed by atoms with E-state index in [9.17, 15) is 4.79 Å². The molecule has 1 rings (SSSR count). The Balaban J connectivity index is 3.06. The highest BCUT2D eigenvalue weighted by molar-refractivity contribution is 14.1. The fourth-order valence-electron chi connectivity index (χ4n) is 1.04. The minimum atomic E-state index is -0.500. The first-order valence-electron chi connectivity index (χ1n) is 4.08. The van der Waals surface area contributed by atoms with Crippen LogP contribution in [-0.2, 0) is 0 Å². The smallest absolute Gasteiger partial charge is 0.180 e. The summed E-state index contributed by atoms with van der Waals surface area (Å²) in [5, 5.41) is -0.500. The highest BCUT2D eigenvalue weighted by Crippen LogP contribution is 2.23. The molecule has 0 aromatic heterocycles. The van der Waals surface area contributed by atoms with Gasteiger partial charge in [0.1, 0.15) is 5.75 Å². The van der Waals surface area contributed by atoms with Crippen LogP contribution in [0.25, 0.3) is 0 Å². The molecule has 1 atom stereocenters. The lowest BCUT2D eigenvalue weighted by Gasteiger charge is -2.06. The van der Waals surface area contributed by atoms with Gasteiger partial charge in [-0.3, -0.25) is 4.79 Å². The molecule has 0 heterocycles. The average molecular weight is 325 g/mol. The van der Waals surface area contributed by atoms with Crippen molar-refractivity contribution in [2.24, 2.45) is 0 Å². The van der Waals surface area contributed by atoms with Crippen LogP contribution in [0.2, 0.25) is 0 Å². The lowest BCUT2D eigenvalue weighted by Crippen LogP contribution is -2.10. The normalized spacial score (nSPS) is 12.3. The van der Waals surface area contributed by atoms with Crippen molar-refractivity contribution in [3.8, 4) is 5.75 Å². The highest BCUT2D eigenvalue weighted by Gasteiger charge is 2.13. The highest BCUT2D eigenvalue weighted by atomic mass is 127. The van der Waals surface area contributed by atoms with Crippen molar-refractivity contribution in [3.63, 3.8) is 0 Å². The number of alkyl halides is 1. The summed E-state index contributed by atoms with van der Waals surface area (Å²) in [4.78, 5) is 11.5. The summed E-state index contributed by atoms with van der Waals surface area (Å²) in [5.41, 5.74) is 0.588. The minimum Gasteiger partial charge on any atom is -0.496 e. The van der Waals surface area contributed by atoms with Crippen LogP contribution in [0.4, 0.5) is 0 Å². The second-order valence-electron chi connectivity index (χ2n) is 2.83. The van der Waals surface area contributed by atoms with Gasteiger partial charge in [0, 0.05) is 5.56 Å². The molecule has 0 aliphatic heterocycles. The van der Waals surface area contributed by atoms with Gasteiger partial charge in [-0.25, -0.2) is 0 Å². The zero-order valence-corrected chi connectivity index (χ0v) is 10.8.